The molecule has 4 rings (SSSR count). The molecular weight excluding hydrogens is 482 g/mol. The van der Waals surface area contributed by atoms with Crippen LogP contribution in [0, 0.1) is 6.92 Å². The Labute approximate surface area is 212 Å². The zero-order valence-electron chi connectivity index (χ0n) is 20.4. The van der Waals surface area contributed by atoms with Gasteiger partial charge in [-0.15, -0.1) is 0 Å². The molecule has 0 saturated heterocycles. The molecule has 2 heterocycles. The molecule has 2 aromatic heterocycles. The number of nitrogens with zero attached hydrogens (tertiary/aromatic N) is 3. The molecule has 0 aliphatic heterocycles. The molecule has 4 aromatic rings. The van der Waals surface area contributed by atoms with Gasteiger partial charge >= 0.3 is 11.4 Å². The van der Waals surface area contributed by atoms with Crippen molar-refractivity contribution in [2.45, 2.75) is 46.7 Å². The molecule has 0 fully saturated rings. The number of benzene rings is 2. The smallest absolute Gasteiger partial charge is 0.335 e. The van der Waals surface area contributed by atoms with Gasteiger partial charge in [0.15, 0.2) is 0 Å². The number of nitrogens with one attached hydrogen (secondary N) is 2. The van der Waals surface area contributed by atoms with Crippen molar-refractivity contribution in [2.75, 3.05) is 6.54 Å². The second-order valence-electron chi connectivity index (χ2n) is 8.53. The summed E-state index contributed by atoms with van der Waals surface area (Å²) in [4.78, 5) is 44.8. The molecule has 10 heteroatoms. The minimum Gasteiger partial charge on any atom is -0.461 e. The number of carbonyl (C=O) groups is 1. The van der Waals surface area contributed by atoms with Crippen LogP contribution in [-0.4, -0.2) is 26.6 Å². The minimum atomic E-state index is -0.567. The predicted molar refractivity (Wildman–Crippen MR) is 139 cm³/mol. The second-order valence-corrected chi connectivity index (χ2v) is 8.97. The molecule has 0 radical (unpaired) electrons. The van der Waals surface area contributed by atoms with E-state index in [-0.39, 0.29) is 24.6 Å². The van der Waals surface area contributed by atoms with Gasteiger partial charge in [-0.2, -0.15) is 0 Å². The quantitative estimate of drug-likeness (QED) is 0.354. The summed E-state index contributed by atoms with van der Waals surface area (Å²) in [7, 11) is 0. The lowest BCUT2D eigenvalue weighted by atomic mass is 10.1. The molecule has 2 aromatic carbocycles. The number of halogens is 1. The van der Waals surface area contributed by atoms with Crippen molar-refractivity contribution in [3.05, 3.63) is 91.0 Å². The lowest BCUT2D eigenvalue weighted by molar-refractivity contribution is -0.118. The van der Waals surface area contributed by atoms with Crippen molar-refractivity contribution in [2.24, 2.45) is 4.99 Å². The van der Waals surface area contributed by atoms with Crippen molar-refractivity contribution in [3.63, 3.8) is 0 Å². The fourth-order valence-corrected chi connectivity index (χ4v) is 4.17. The molecule has 0 unspecified atom stereocenters. The largest absolute Gasteiger partial charge is 0.461 e. The Morgan fingerprint density at radius 3 is 2.58 bits per heavy atom. The van der Waals surface area contributed by atoms with E-state index < -0.39 is 11.4 Å². The van der Waals surface area contributed by atoms with Crippen LogP contribution in [-0.2, 0) is 24.3 Å². The Kier molecular flexibility index (Phi) is 7.59. The van der Waals surface area contributed by atoms with Crippen molar-refractivity contribution < 1.29 is 9.21 Å². The molecular formula is C26H28ClN5O4. The number of aryl methyl sites for hydroxylation is 2. The van der Waals surface area contributed by atoms with Crippen LogP contribution >= 0.6 is 11.6 Å². The maximum Gasteiger partial charge on any atom is 0.335 e. The van der Waals surface area contributed by atoms with Crippen LogP contribution in [0.2, 0.25) is 5.02 Å². The van der Waals surface area contributed by atoms with E-state index in [9.17, 15) is 14.4 Å². The van der Waals surface area contributed by atoms with Crippen LogP contribution in [0.1, 0.15) is 37.2 Å². The van der Waals surface area contributed by atoms with Crippen molar-refractivity contribution in [1.29, 1.82) is 0 Å². The van der Waals surface area contributed by atoms with Gasteiger partial charge in [-0.1, -0.05) is 30.7 Å². The Balaban J connectivity index is 1.81. The van der Waals surface area contributed by atoms with E-state index >= 15 is 0 Å². The highest BCUT2D eigenvalue weighted by atomic mass is 35.5. The molecule has 188 valence electrons. The van der Waals surface area contributed by atoms with Crippen LogP contribution in [0.4, 0.5) is 5.69 Å². The fourth-order valence-electron chi connectivity index (χ4n) is 4.04. The number of hydrogen-bond donors (Lipinski definition) is 2. The maximum atomic E-state index is 13.4. The number of hydrogen-bond acceptors (Lipinski definition) is 5. The number of amides is 1. The second kappa shape index (κ2) is 10.8. The van der Waals surface area contributed by atoms with E-state index in [1.807, 2.05) is 38.1 Å². The molecule has 9 nitrogen and oxygen atoms in total. The highest BCUT2D eigenvalue weighted by molar-refractivity contribution is 6.30. The number of rotatable bonds is 8. The molecule has 0 spiro atoms. The molecule has 0 aliphatic rings. The van der Waals surface area contributed by atoms with E-state index in [1.165, 1.54) is 11.5 Å². The van der Waals surface area contributed by atoms with Crippen LogP contribution in [0.5, 0.6) is 0 Å². The van der Waals surface area contributed by atoms with E-state index in [2.05, 4.69) is 15.3 Å². The highest BCUT2D eigenvalue weighted by Crippen LogP contribution is 2.29. The van der Waals surface area contributed by atoms with Crippen molar-refractivity contribution >= 4 is 34.2 Å². The van der Waals surface area contributed by atoms with Crippen LogP contribution in [0.3, 0.4) is 0 Å². The van der Waals surface area contributed by atoms with Crippen LogP contribution in [0.15, 0.2) is 61.5 Å². The minimum absolute atomic E-state index is 0.134. The average molecular weight is 510 g/mol. The first-order chi connectivity index (χ1) is 17.3. The normalized spacial score (nSPS) is 11.8. The summed E-state index contributed by atoms with van der Waals surface area (Å²) in [6, 6.07) is 12.6. The summed E-state index contributed by atoms with van der Waals surface area (Å²) in [5, 5.41) is 4.19. The number of fused-ring (bicyclic) bond motifs is 1. The standard InChI is InChI=1S/C26H28ClN5O4/c1-4-22-16(2)21-14-20(10-11-23(21)36-22)29-24-30-25(34)31(13-5-12-28-17(3)33)26(35)32(24)15-18-6-8-19(27)9-7-18/h6-11,14H,4-5,12-13,15H2,1-3H3,(H,28,33)(H,29,30,34). The van der Waals surface area contributed by atoms with Gasteiger partial charge < -0.3 is 9.73 Å². The summed E-state index contributed by atoms with van der Waals surface area (Å²) in [6.07, 6.45) is 1.21. The molecule has 36 heavy (non-hydrogen) atoms. The first kappa shape index (κ1) is 25.2. The van der Waals surface area contributed by atoms with Gasteiger partial charge in [0.1, 0.15) is 11.3 Å². The number of aromatic amines is 1. The van der Waals surface area contributed by atoms with Crippen molar-refractivity contribution in [3.8, 4) is 0 Å². The Morgan fingerprint density at radius 2 is 1.89 bits per heavy atom. The van der Waals surface area contributed by atoms with Gasteiger partial charge in [-0.05, 0) is 54.8 Å². The summed E-state index contributed by atoms with van der Waals surface area (Å²) in [5.74, 6) is 0.745. The number of H-pyrrole nitrogens is 1. The van der Waals surface area contributed by atoms with Crippen LogP contribution < -0.4 is 22.3 Å². The summed E-state index contributed by atoms with van der Waals surface area (Å²) < 4.78 is 8.43. The maximum absolute atomic E-state index is 13.4. The summed E-state index contributed by atoms with van der Waals surface area (Å²) in [6.45, 7) is 6.14. The van der Waals surface area contributed by atoms with E-state index in [1.54, 1.807) is 18.2 Å². The number of aromatic nitrogens is 3. The van der Waals surface area contributed by atoms with Gasteiger partial charge in [0, 0.05) is 36.8 Å². The topological polar surface area (TPSA) is 114 Å². The van der Waals surface area contributed by atoms with Gasteiger partial charge in [0.25, 0.3) is 0 Å². The van der Waals surface area contributed by atoms with Crippen LogP contribution in [0.25, 0.3) is 11.0 Å². The lowest BCUT2D eigenvalue weighted by Gasteiger charge is -2.11. The molecule has 0 aliphatic carbocycles. The summed E-state index contributed by atoms with van der Waals surface area (Å²) in [5.41, 5.74) is 2.28. The fraction of sp³-hybridized carbons (Fsp3) is 0.308. The van der Waals surface area contributed by atoms with E-state index in [0.717, 1.165) is 38.8 Å². The molecule has 2 N–H and O–H groups in total. The zero-order chi connectivity index (χ0) is 25.8. The van der Waals surface area contributed by atoms with Gasteiger partial charge in [-0.3, -0.25) is 14.3 Å². The molecule has 1 amide bonds. The third kappa shape index (κ3) is 5.52. The Morgan fingerprint density at radius 1 is 1.14 bits per heavy atom. The monoisotopic (exact) mass is 509 g/mol. The van der Waals surface area contributed by atoms with Crippen molar-refractivity contribution in [1.82, 2.24) is 19.4 Å². The van der Waals surface area contributed by atoms with E-state index in [0.29, 0.717) is 23.7 Å². The lowest BCUT2D eigenvalue weighted by Crippen LogP contribution is -2.50. The van der Waals surface area contributed by atoms with Gasteiger partial charge in [0.05, 0.1) is 12.2 Å². The number of furan rings is 1. The van der Waals surface area contributed by atoms with Gasteiger partial charge in [0.2, 0.25) is 11.5 Å². The Bertz CT molecular complexity index is 1590. The first-order valence-corrected chi connectivity index (χ1v) is 12.1. The van der Waals surface area contributed by atoms with E-state index in [4.69, 9.17) is 16.0 Å². The molecule has 0 atom stereocenters. The molecule has 0 saturated carbocycles. The predicted octanol–water partition coefficient (Wildman–Crippen LogP) is 3.42. The highest BCUT2D eigenvalue weighted by Gasteiger charge is 2.12. The third-order valence-corrected chi connectivity index (χ3v) is 6.19. The number of carbonyl (C=O) groups excluding carboxylic acids is 1. The molecule has 0 bridgehead atoms. The third-order valence-electron chi connectivity index (χ3n) is 5.94. The average Bonchev–Trinajstić information content (AvgIpc) is 3.17. The summed E-state index contributed by atoms with van der Waals surface area (Å²) >= 11 is 6.02. The first-order valence-electron chi connectivity index (χ1n) is 11.8. The Hall–Kier alpha value is -3.85. The van der Waals surface area contributed by atoms with Gasteiger partial charge in [-0.25, -0.2) is 19.1 Å². The SMILES string of the molecule is CCc1oc2ccc(/N=c3\[nH]c(=O)n(CCCNC(C)=O)c(=O)n3Cc3ccc(Cl)cc3)cc2c1C. The zero-order valence-corrected chi connectivity index (χ0v) is 21.2.